The first kappa shape index (κ1) is 21.3. The second-order valence-corrected chi connectivity index (χ2v) is 9.87. The third kappa shape index (κ3) is 4.57. The fourth-order valence-corrected chi connectivity index (χ4v) is 4.99. The first-order valence-corrected chi connectivity index (χ1v) is 12.3. The van der Waals surface area contributed by atoms with Crippen molar-refractivity contribution >= 4 is 26.9 Å². The molecule has 0 saturated heterocycles. The molecule has 160 valence electrons. The number of anilines is 1. The molecule has 1 N–H and O–H groups in total. The van der Waals surface area contributed by atoms with E-state index in [1.54, 1.807) is 12.1 Å². The molecule has 3 nitrogen and oxygen atoms in total. The van der Waals surface area contributed by atoms with E-state index < -0.39 is 10.0 Å². The number of allylic oxidation sites excluding steroid dienone is 1. The third-order valence-corrected chi connectivity index (χ3v) is 6.31. The van der Waals surface area contributed by atoms with Gasteiger partial charge in [-0.25, -0.2) is 12.8 Å². The molecule has 1 aliphatic rings. The highest BCUT2D eigenvalue weighted by Crippen LogP contribution is 2.40. The molecule has 0 radical (unpaired) electrons. The van der Waals surface area contributed by atoms with E-state index in [4.69, 9.17) is 0 Å². The lowest BCUT2D eigenvalue weighted by molar-refractivity contribution is 0.607. The summed E-state index contributed by atoms with van der Waals surface area (Å²) in [6.07, 6.45) is 3.53. The number of halogens is 1. The summed E-state index contributed by atoms with van der Waals surface area (Å²) in [6.45, 7) is 4.18. The Balaban J connectivity index is 2.00. The number of aryl methyl sites for hydroxylation is 3. The lowest BCUT2D eigenvalue weighted by atomic mass is 9.85. The molecule has 0 spiro atoms. The topological polar surface area (TPSA) is 46.2 Å². The number of fused-ring (bicyclic) bond motifs is 2. The summed E-state index contributed by atoms with van der Waals surface area (Å²) in [6, 6.07) is 19.0. The van der Waals surface area contributed by atoms with Gasteiger partial charge in [-0.1, -0.05) is 48.9 Å². The molecular weight excluding hydrogens is 409 g/mol. The average molecular weight is 436 g/mol. The summed E-state index contributed by atoms with van der Waals surface area (Å²) in [7, 11) is -3.37. The fraction of sp³-hybridized carbons (Fsp3) is 0.231. The summed E-state index contributed by atoms with van der Waals surface area (Å²) in [4.78, 5) is 0. The zero-order chi connectivity index (χ0) is 22.2. The van der Waals surface area contributed by atoms with Crippen molar-refractivity contribution in [1.29, 1.82) is 0 Å². The Hall–Kier alpha value is -2.92. The minimum absolute atomic E-state index is 0.224. The van der Waals surface area contributed by atoms with E-state index in [1.807, 2.05) is 24.3 Å². The fourth-order valence-electron chi connectivity index (χ4n) is 4.44. The van der Waals surface area contributed by atoms with Crippen molar-refractivity contribution in [1.82, 2.24) is 0 Å². The van der Waals surface area contributed by atoms with Crippen LogP contribution in [0.15, 0.2) is 60.7 Å². The van der Waals surface area contributed by atoms with Crippen LogP contribution in [0.3, 0.4) is 0 Å². The van der Waals surface area contributed by atoms with E-state index in [0.29, 0.717) is 5.69 Å². The van der Waals surface area contributed by atoms with Crippen LogP contribution in [0.1, 0.15) is 46.7 Å². The van der Waals surface area contributed by atoms with Gasteiger partial charge in [-0.15, -0.1) is 0 Å². The van der Waals surface area contributed by atoms with Gasteiger partial charge < -0.3 is 0 Å². The predicted octanol–water partition coefficient (Wildman–Crippen LogP) is 5.97. The van der Waals surface area contributed by atoms with Crippen LogP contribution in [0.2, 0.25) is 0 Å². The molecule has 0 aliphatic heterocycles. The Morgan fingerprint density at radius 3 is 2.32 bits per heavy atom. The van der Waals surface area contributed by atoms with E-state index in [-0.39, 0.29) is 5.82 Å². The molecule has 0 heterocycles. The Bertz CT molecular complexity index is 1240. The van der Waals surface area contributed by atoms with Crippen LogP contribution < -0.4 is 4.72 Å². The molecular formula is C26H26FNO2S. The predicted molar refractivity (Wildman–Crippen MR) is 126 cm³/mol. The van der Waals surface area contributed by atoms with E-state index in [1.165, 1.54) is 17.2 Å². The molecule has 0 bridgehead atoms. The molecule has 4 rings (SSSR count). The van der Waals surface area contributed by atoms with Crippen LogP contribution in [0.5, 0.6) is 0 Å². The van der Waals surface area contributed by atoms with Gasteiger partial charge in [-0.05, 0) is 89.4 Å². The molecule has 5 heteroatoms. The van der Waals surface area contributed by atoms with Gasteiger partial charge in [0, 0.05) is 5.69 Å². The summed E-state index contributed by atoms with van der Waals surface area (Å²) in [5, 5.41) is 0. The molecule has 1 aliphatic carbocycles. The van der Waals surface area contributed by atoms with E-state index in [0.717, 1.165) is 58.9 Å². The molecule has 0 atom stereocenters. The number of benzene rings is 3. The number of nitrogens with one attached hydrogen (secondary N) is 1. The van der Waals surface area contributed by atoms with Crippen LogP contribution in [-0.4, -0.2) is 14.7 Å². The van der Waals surface area contributed by atoms with Crippen molar-refractivity contribution in [3.8, 4) is 0 Å². The van der Waals surface area contributed by atoms with Gasteiger partial charge in [0.25, 0.3) is 0 Å². The summed E-state index contributed by atoms with van der Waals surface area (Å²) >= 11 is 0. The monoisotopic (exact) mass is 435 g/mol. The van der Waals surface area contributed by atoms with Gasteiger partial charge in [-0.2, -0.15) is 0 Å². The van der Waals surface area contributed by atoms with Crippen LogP contribution in [-0.2, 0) is 22.9 Å². The largest absolute Gasteiger partial charge is 0.284 e. The number of rotatable bonds is 4. The van der Waals surface area contributed by atoms with Crippen LogP contribution in [0.25, 0.3) is 11.1 Å². The first-order chi connectivity index (χ1) is 14.7. The maximum atomic E-state index is 14.1. The molecule has 0 saturated carbocycles. The molecule has 31 heavy (non-hydrogen) atoms. The van der Waals surface area contributed by atoms with E-state index >= 15 is 0 Å². The molecule has 0 amide bonds. The number of sulfonamides is 1. The van der Waals surface area contributed by atoms with Gasteiger partial charge >= 0.3 is 0 Å². The standard InChI is InChI=1S/C26H26FNO2S/c1-4-23(18-6-5-7-22(16-18)28-31(3,29)30)26-24-12-8-17(2)14-19(24)9-10-20-15-21(27)11-13-25(20)26/h5-8,11-16,28H,4,9-10H2,1-3H3. The second-order valence-electron chi connectivity index (χ2n) is 8.12. The van der Waals surface area contributed by atoms with Crippen molar-refractivity contribution in [3.05, 3.63) is 99.9 Å². The Kier molecular flexibility index (Phi) is 5.71. The minimum atomic E-state index is -3.37. The van der Waals surface area contributed by atoms with Crippen molar-refractivity contribution in [2.75, 3.05) is 11.0 Å². The van der Waals surface area contributed by atoms with Gasteiger partial charge in [0.05, 0.1) is 6.26 Å². The quantitative estimate of drug-likeness (QED) is 0.548. The lowest BCUT2D eigenvalue weighted by Gasteiger charge is -2.19. The van der Waals surface area contributed by atoms with Gasteiger partial charge in [-0.3, -0.25) is 4.72 Å². The van der Waals surface area contributed by atoms with Gasteiger partial charge in [0.1, 0.15) is 5.82 Å². The van der Waals surface area contributed by atoms with Gasteiger partial charge in [0.15, 0.2) is 0 Å². The average Bonchev–Trinajstić information content (AvgIpc) is 2.84. The third-order valence-electron chi connectivity index (χ3n) is 5.70. The molecule has 3 aromatic carbocycles. The highest BCUT2D eigenvalue weighted by atomic mass is 32.2. The van der Waals surface area contributed by atoms with Crippen LogP contribution in [0, 0.1) is 12.7 Å². The lowest BCUT2D eigenvalue weighted by Crippen LogP contribution is -2.09. The smallest absolute Gasteiger partial charge is 0.229 e. The molecule has 0 unspecified atom stereocenters. The van der Waals surface area contributed by atoms with E-state index in [9.17, 15) is 12.8 Å². The maximum absolute atomic E-state index is 14.1. The summed E-state index contributed by atoms with van der Waals surface area (Å²) in [5.41, 5.74) is 9.35. The Morgan fingerprint density at radius 1 is 0.968 bits per heavy atom. The maximum Gasteiger partial charge on any atom is 0.229 e. The highest BCUT2D eigenvalue weighted by Gasteiger charge is 2.22. The Morgan fingerprint density at radius 2 is 1.65 bits per heavy atom. The van der Waals surface area contributed by atoms with Crippen molar-refractivity contribution in [3.63, 3.8) is 0 Å². The van der Waals surface area contributed by atoms with E-state index in [2.05, 4.69) is 36.8 Å². The normalized spacial score (nSPS) is 15.0. The van der Waals surface area contributed by atoms with Crippen molar-refractivity contribution in [2.45, 2.75) is 33.1 Å². The summed E-state index contributed by atoms with van der Waals surface area (Å²) < 4.78 is 40.1. The number of hydrogen-bond donors (Lipinski definition) is 1. The second kappa shape index (κ2) is 8.31. The van der Waals surface area contributed by atoms with Gasteiger partial charge in [0.2, 0.25) is 10.0 Å². The van der Waals surface area contributed by atoms with Crippen LogP contribution in [0.4, 0.5) is 10.1 Å². The summed E-state index contributed by atoms with van der Waals surface area (Å²) in [5.74, 6) is -0.224. The minimum Gasteiger partial charge on any atom is -0.284 e. The Labute approximate surface area is 183 Å². The highest BCUT2D eigenvalue weighted by molar-refractivity contribution is 7.92. The first-order valence-electron chi connectivity index (χ1n) is 10.4. The zero-order valence-corrected chi connectivity index (χ0v) is 18.8. The molecule has 0 aromatic heterocycles. The molecule has 0 fully saturated rings. The SMILES string of the molecule is CCC(=C1c2ccc(C)cc2CCc2cc(F)ccc21)c1cccc(NS(C)(=O)=O)c1. The van der Waals surface area contributed by atoms with Crippen molar-refractivity contribution < 1.29 is 12.8 Å². The molecule has 3 aromatic rings. The zero-order valence-electron chi connectivity index (χ0n) is 18.0. The van der Waals surface area contributed by atoms with Crippen LogP contribution >= 0.6 is 0 Å². The van der Waals surface area contributed by atoms with Crippen molar-refractivity contribution in [2.24, 2.45) is 0 Å². The number of hydrogen-bond acceptors (Lipinski definition) is 2.